The van der Waals surface area contributed by atoms with Crippen LogP contribution in [0.4, 0.5) is 11.8 Å². The lowest BCUT2D eigenvalue weighted by Gasteiger charge is -2.24. The minimum absolute atomic E-state index is 0.176. The van der Waals surface area contributed by atoms with Crippen molar-refractivity contribution in [3.63, 3.8) is 0 Å². The van der Waals surface area contributed by atoms with Crippen molar-refractivity contribution in [1.29, 1.82) is 0 Å². The number of aromatic nitrogens is 7. The molecular formula is C20H24N8O. The molecule has 0 saturated heterocycles. The maximum atomic E-state index is 6.02. The Bertz CT molecular complexity index is 1140. The van der Waals surface area contributed by atoms with Crippen LogP contribution in [0.5, 0.6) is 0 Å². The summed E-state index contributed by atoms with van der Waals surface area (Å²) in [7, 11) is 1.85. The Balaban J connectivity index is 1.62. The second-order valence-corrected chi connectivity index (χ2v) is 7.80. The van der Waals surface area contributed by atoms with Crippen molar-refractivity contribution in [2.24, 2.45) is 7.05 Å². The van der Waals surface area contributed by atoms with E-state index in [1.807, 2.05) is 69.6 Å². The van der Waals surface area contributed by atoms with Crippen molar-refractivity contribution in [2.75, 3.05) is 5.32 Å². The molecule has 9 nitrogen and oxygen atoms in total. The highest BCUT2D eigenvalue weighted by Crippen LogP contribution is 2.25. The molecule has 0 radical (unpaired) electrons. The van der Waals surface area contributed by atoms with Gasteiger partial charge in [0.15, 0.2) is 11.5 Å². The fourth-order valence-electron chi connectivity index (χ4n) is 3.12. The molecule has 150 valence electrons. The lowest BCUT2D eigenvalue weighted by atomic mass is 10.2. The zero-order chi connectivity index (χ0) is 20.6. The number of nitrogens with one attached hydrogen (secondary N) is 1. The van der Waals surface area contributed by atoms with Gasteiger partial charge in [-0.1, -0.05) is 0 Å². The van der Waals surface area contributed by atoms with Gasteiger partial charge in [0.2, 0.25) is 5.95 Å². The predicted octanol–water partition coefficient (Wildman–Crippen LogP) is 3.54. The first-order chi connectivity index (χ1) is 13.8. The van der Waals surface area contributed by atoms with Crippen LogP contribution in [0.1, 0.15) is 39.6 Å². The molecule has 0 bridgehead atoms. The molecule has 0 saturated carbocycles. The summed E-state index contributed by atoms with van der Waals surface area (Å²) >= 11 is 0. The van der Waals surface area contributed by atoms with Gasteiger partial charge in [0.1, 0.15) is 11.9 Å². The molecule has 1 atom stereocenters. The molecule has 1 N–H and O–H groups in total. The van der Waals surface area contributed by atoms with Crippen molar-refractivity contribution in [3.8, 4) is 11.3 Å². The first-order valence-electron chi connectivity index (χ1n) is 9.41. The highest BCUT2D eigenvalue weighted by atomic mass is 16.5. The molecule has 0 amide bonds. The topological polar surface area (TPSA) is 95.0 Å². The van der Waals surface area contributed by atoms with Crippen LogP contribution in [-0.4, -0.2) is 39.9 Å². The first-order valence-corrected chi connectivity index (χ1v) is 9.41. The van der Waals surface area contributed by atoms with Gasteiger partial charge in [0.25, 0.3) is 0 Å². The molecule has 4 aromatic heterocycles. The van der Waals surface area contributed by atoms with E-state index >= 15 is 0 Å². The molecule has 4 aromatic rings. The molecule has 0 aromatic carbocycles. The van der Waals surface area contributed by atoms with Crippen LogP contribution in [0.3, 0.4) is 0 Å². The van der Waals surface area contributed by atoms with Gasteiger partial charge in [-0.05, 0) is 45.9 Å². The third-order valence-corrected chi connectivity index (χ3v) is 4.34. The summed E-state index contributed by atoms with van der Waals surface area (Å²) < 4.78 is 9.68. The number of fused-ring (bicyclic) bond motifs is 1. The fraction of sp³-hybridized carbons (Fsp3) is 0.350. The van der Waals surface area contributed by atoms with E-state index in [4.69, 9.17) is 4.74 Å². The van der Waals surface area contributed by atoms with E-state index in [-0.39, 0.29) is 11.7 Å². The standard InChI is InChI=1S/C20H24N8O/c1-13(29-20(2,3)4)18-26-25-17-12-14(8-11-28(17)18)15-6-9-21-19(23-15)24-16-7-10-22-27(16)5/h6-13H,1-5H3,(H,21,23,24)/t13-/m0/s1. The number of anilines is 2. The SMILES string of the molecule is C[C@H](OC(C)(C)C)c1nnc2cc(-c3ccnc(Nc4ccnn4C)n3)ccn12. The van der Waals surface area contributed by atoms with E-state index in [0.29, 0.717) is 5.95 Å². The summed E-state index contributed by atoms with van der Waals surface area (Å²) in [6, 6.07) is 7.67. The summed E-state index contributed by atoms with van der Waals surface area (Å²) in [5, 5.41) is 15.9. The van der Waals surface area contributed by atoms with Crippen molar-refractivity contribution in [1.82, 2.24) is 34.3 Å². The molecule has 4 rings (SSSR count). The molecule has 0 fully saturated rings. The van der Waals surface area contributed by atoms with Gasteiger partial charge < -0.3 is 10.1 Å². The van der Waals surface area contributed by atoms with E-state index < -0.39 is 0 Å². The quantitative estimate of drug-likeness (QED) is 0.555. The monoisotopic (exact) mass is 392 g/mol. The fourth-order valence-corrected chi connectivity index (χ4v) is 3.12. The highest BCUT2D eigenvalue weighted by molar-refractivity contribution is 5.65. The number of ether oxygens (including phenoxy) is 1. The molecular weight excluding hydrogens is 368 g/mol. The number of aryl methyl sites for hydroxylation is 1. The first kappa shape index (κ1) is 19.0. The van der Waals surface area contributed by atoms with Gasteiger partial charge in [-0.25, -0.2) is 9.97 Å². The van der Waals surface area contributed by atoms with Crippen LogP contribution >= 0.6 is 0 Å². The molecule has 0 aliphatic carbocycles. The van der Waals surface area contributed by atoms with E-state index in [2.05, 4.69) is 30.6 Å². The third-order valence-electron chi connectivity index (χ3n) is 4.34. The van der Waals surface area contributed by atoms with Crippen LogP contribution in [0, 0.1) is 0 Å². The summed E-state index contributed by atoms with van der Waals surface area (Å²) in [4.78, 5) is 8.90. The van der Waals surface area contributed by atoms with Crippen LogP contribution in [0.2, 0.25) is 0 Å². The second kappa shape index (κ2) is 7.25. The smallest absolute Gasteiger partial charge is 0.228 e. The molecule has 0 aliphatic heterocycles. The molecule has 0 aliphatic rings. The Kier molecular flexibility index (Phi) is 4.75. The average molecular weight is 392 g/mol. The largest absolute Gasteiger partial charge is 0.365 e. The molecule has 9 heteroatoms. The Morgan fingerprint density at radius 3 is 2.66 bits per heavy atom. The Labute approximate surface area is 168 Å². The van der Waals surface area contributed by atoms with Crippen molar-refractivity contribution >= 4 is 17.4 Å². The van der Waals surface area contributed by atoms with E-state index in [9.17, 15) is 0 Å². The highest BCUT2D eigenvalue weighted by Gasteiger charge is 2.21. The molecule has 0 spiro atoms. The van der Waals surface area contributed by atoms with E-state index in [0.717, 1.165) is 28.5 Å². The third kappa shape index (κ3) is 4.09. The number of hydrogen-bond acceptors (Lipinski definition) is 7. The predicted molar refractivity (Wildman–Crippen MR) is 110 cm³/mol. The summed E-state index contributed by atoms with van der Waals surface area (Å²) in [6.45, 7) is 8.06. The maximum absolute atomic E-state index is 6.02. The zero-order valence-electron chi connectivity index (χ0n) is 17.2. The summed E-state index contributed by atoms with van der Waals surface area (Å²) in [6.07, 6.45) is 5.20. The number of hydrogen-bond donors (Lipinski definition) is 1. The minimum Gasteiger partial charge on any atom is -0.365 e. The number of rotatable bonds is 5. The van der Waals surface area contributed by atoms with Gasteiger partial charge in [-0.2, -0.15) is 5.10 Å². The van der Waals surface area contributed by atoms with Crippen molar-refractivity contribution in [2.45, 2.75) is 39.4 Å². The van der Waals surface area contributed by atoms with Gasteiger partial charge >= 0.3 is 0 Å². The maximum Gasteiger partial charge on any atom is 0.228 e. The van der Waals surface area contributed by atoms with Crippen LogP contribution in [-0.2, 0) is 11.8 Å². The van der Waals surface area contributed by atoms with Gasteiger partial charge in [0, 0.05) is 31.1 Å². The number of nitrogens with zero attached hydrogens (tertiary/aromatic N) is 7. The zero-order valence-corrected chi connectivity index (χ0v) is 17.2. The molecule has 0 unspecified atom stereocenters. The molecule has 29 heavy (non-hydrogen) atoms. The minimum atomic E-state index is -0.260. The molecule has 4 heterocycles. The van der Waals surface area contributed by atoms with Crippen LogP contribution < -0.4 is 5.32 Å². The second-order valence-electron chi connectivity index (χ2n) is 7.80. The van der Waals surface area contributed by atoms with Gasteiger partial charge in [-0.15, -0.1) is 10.2 Å². The number of pyridine rings is 1. The van der Waals surface area contributed by atoms with Gasteiger partial charge in [0.05, 0.1) is 17.5 Å². The van der Waals surface area contributed by atoms with E-state index in [1.165, 1.54) is 0 Å². The van der Waals surface area contributed by atoms with Crippen LogP contribution in [0.25, 0.3) is 16.9 Å². The van der Waals surface area contributed by atoms with Crippen LogP contribution in [0.15, 0.2) is 42.9 Å². The van der Waals surface area contributed by atoms with E-state index in [1.54, 1.807) is 17.1 Å². The van der Waals surface area contributed by atoms with Gasteiger partial charge in [-0.3, -0.25) is 9.08 Å². The normalized spacial score (nSPS) is 13.0. The lowest BCUT2D eigenvalue weighted by molar-refractivity contribution is -0.0570. The average Bonchev–Trinajstić information content (AvgIpc) is 3.26. The lowest BCUT2D eigenvalue weighted by Crippen LogP contribution is -2.22. The van der Waals surface area contributed by atoms with Crippen molar-refractivity contribution in [3.05, 3.63) is 48.7 Å². The van der Waals surface area contributed by atoms with Crippen molar-refractivity contribution < 1.29 is 4.74 Å². The summed E-state index contributed by atoms with van der Waals surface area (Å²) in [5.74, 6) is 2.08. The Hall–Kier alpha value is -3.33. The summed E-state index contributed by atoms with van der Waals surface area (Å²) in [5.41, 5.74) is 2.19. The Morgan fingerprint density at radius 2 is 1.93 bits per heavy atom. The Morgan fingerprint density at radius 1 is 1.10 bits per heavy atom.